The molecule has 110 valence electrons. The molecule has 1 aromatic carbocycles. The molecule has 0 radical (unpaired) electrons. The summed E-state index contributed by atoms with van der Waals surface area (Å²) in [5.41, 5.74) is 1.22. The van der Waals surface area contributed by atoms with Gasteiger partial charge in [-0.05, 0) is 36.6 Å². The smallest absolute Gasteiger partial charge is 0.251 e. The first-order valence-corrected chi connectivity index (χ1v) is 6.83. The van der Waals surface area contributed by atoms with Crippen LogP contribution in [0, 0.1) is 5.92 Å². The SMILES string of the molecule is CCC(CCO)CNC(=O)c1ccc(NC(C)=O)cc1. The van der Waals surface area contributed by atoms with Crippen LogP contribution in [0.15, 0.2) is 24.3 Å². The van der Waals surface area contributed by atoms with E-state index < -0.39 is 0 Å². The number of benzene rings is 1. The topological polar surface area (TPSA) is 78.4 Å². The second-order valence-corrected chi connectivity index (χ2v) is 4.76. The van der Waals surface area contributed by atoms with Crippen molar-refractivity contribution >= 4 is 17.5 Å². The molecule has 0 saturated carbocycles. The van der Waals surface area contributed by atoms with Crippen LogP contribution in [0.3, 0.4) is 0 Å². The van der Waals surface area contributed by atoms with Crippen LogP contribution in [-0.2, 0) is 4.79 Å². The molecule has 0 aromatic heterocycles. The van der Waals surface area contributed by atoms with E-state index in [1.165, 1.54) is 6.92 Å². The summed E-state index contributed by atoms with van der Waals surface area (Å²) in [5.74, 6) is 0.00959. The van der Waals surface area contributed by atoms with Gasteiger partial charge in [-0.3, -0.25) is 9.59 Å². The Labute approximate surface area is 119 Å². The van der Waals surface area contributed by atoms with Gasteiger partial charge in [0.15, 0.2) is 0 Å². The Kier molecular flexibility index (Phi) is 6.73. The zero-order valence-electron chi connectivity index (χ0n) is 12.0. The molecule has 1 rings (SSSR count). The van der Waals surface area contributed by atoms with E-state index in [9.17, 15) is 9.59 Å². The minimum Gasteiger partial charge on any atom is -0.396 e. The van der Waals surface area contributed by atoms with Crippen molar-refractivity contribution in [2.45, 2.75) is 26.7 Å². The molecule has 0 saturated heterocycles. The normalized spacial score (nSPS) is 11.8. The van der Waals surface area contributed by atoms with Gasteiger partial charge in [0.05, 0.1) is 0 Å². The Morgan fingerprint density at radius 3 is 2.40 bits per heavy atom. The van der Waals surface area contributed by atoms with Gasteiger partial charge in [0.25, 0.3) is 5.91 Å². The van der Waals surface area contributed by atoms with E-state index in [1.807, 2.05) is 6.92 Å². The summed E-state index contributed by atoms with van der Waals surface area (Å²) in [6.07, 6.45) is 1.61. The molecule has 0 spiro atoms. The lowest BCUT2D eigenvalue weighted by atomic mass is 10.0. The number of carbonyl (C=O) groups excluding carboxylic acids is 2. The van der Waals surface area contributed by atoms with Crippen LogP contribution in [-0.4, -0.2) is 30.1 Å². The summed E-state index contributed by atoms with van der Waals surface area (Å²) in [6, 6.07) is 6.74. The van der Waals surface area contributed by atoms with Crippen molar-refractivity contribution in [2.24, 2.45) is 5.92 Å². The van der Waals surface area contributed by atoms with Gasteiger partial charge in [-0.25, -0.2) is 0 Å². The van der Waals surface area contributed by atoms with Crippen LogP contribution in [0.2, 0.25) is 0 Å². The quantitative estimate of drug-likeness (QED) is 0.711. The number of hydrogen-bond acceptors (Lipinski definition) is 3. The fourth-order valence-electron chi connectivity index (χ4n) is 1.88. The number of aliphatic hydroxyl groups is 1. The van der Waals surface area contributed by atoms with Crippen LogP contribution in [0.1, 0.15) is 37.0 Å². The largest absolute Gasteiger partial charge is 0.396 e. The molecule has 3 N–H and O–H groups in total. The van der Waals surface area contributed by atoms with E-state index in [-0.39, 0.29) is 18.4 Å². The van der Waals surface area contributed by atoms with Gasteiger partial charge in [-0.15, -0.1) is 0 Å². The Hall–Kier alpha value is -1.88. The average molecular weight is 278 g/mol. The molecule has 1 atom stereocenters. The first-order valence-electron chi connectivity index (χ1n) is 6.83. The standard InChI is InChI=1S/C15H22N2O3/c1-3-12(8-9-18)10-16-15(20)13-4-6-14(7-5-13)17-11(2)19/h4-7,12,18H,3,8-10H2,1-2H3,(H,16,20)(H,17,19). The zero-order valence-corrected chi connectivity index (χ0v) is 12.0. The van der Waals surface area contributed by atoms with Crippen molar-refractivity contribution in [3.63, 3.8) is 0 Å². The fourth-order valence-corrected chi connectivity index (χ4v) is 1.88. The van der Waals surface area contributed by atoms with Gasteiger partial charge in [0, 0.05) is 31.3 Å². The average Bonchev–Trinajstić information content (AvgIpc) is 2.43. The highest BCUT2D eigenvalue weighted by Crippen LogP contribution is 2.10. The molecule has 0 bridgehead atoms. The van der Waals surface area contributed by atoms with Crippen LogP contribution >= 0.6 is 0 Å². The lowest BCUT2D eigenvalue weighted by Gasteiger charge is -2.14. The van der Waals surface area contributed by atoms with Crippen molar-refractivity contribution in [3.8, 4) is 0 Å². The number of nitrogens with one attached hydrogen (secondary N) is 2. The molecule has 1 aromatic rings. The van der Waals surface area contributed by atoms with Gasteiger partial charge < -0.3 is 15.7 Å². The summed E-state index contributed by atoms with van der Waals surface area (Å²) < 4.78 is 0. The third-order valence-corrected chi connectivity index (χ3v) is 3.13. The molecule has 2 amide bonds. The molecule has 0 aliphatic heterocycles. The maximum Gasteiger partial charge on any atom is 0.251 e. The molecular weight excluding hydrogens is 256 g/mol. The number of aliphatic hydroxyl groups excluding tert-OH is 1. The van der Waals surface area contributed by atoms with E-state index >= 15 is 0 Å². The van der Waals surface area contributed by atoms with Gasteiger partial charge in [0.2, 0.25) is 5.91 Å². The van der Waals surface area contributed by atoms with Gasteiger partial charge in [-0.2, -0.15) is 0 Å². The highest BCUT2D eigenvalue weighted by Gasteiger charge is 2.09. The maximum absolute atomic E-state index is 11.9. The van der Waals surface area contributed by atoms with Gasteiger partial charge in [0.1, 0.15) is 0 Å². The Morgan fingerprint density at radius 1 is 1.25 bits per heavy atom. The molecular formula is C15H22N2O3. The van der Waals surface area contributed by atoms with Crippen molar-refractivity contribution in [3.05, 3.63) is 29.8 Å². The number of anilines is 1. The maximum atomic E-state index is 11.9. The monoisotopic (exact) mass is 278 g/mol. The van der Waals surface area contributed by atoms with Crippen molar-refractivity contribution < 1.29 is 14.7 Å². The zero-order chi connectivity index (χ0) is 15.0. The number of rotatable bonds is 7. The summed E-state index contributed by atoms with van der Waals surface area (Å²) in [6.45, 7) is 4.17. The summed E-state index contributed by atoms with van der Waals surface area (Å²) >= 11 is 0. The van der Waals surface area contributed by atoms with Crippen molar-refractivity contribution in [2.75, 3.05) is 18.5 Å². The minimum atomic E-state index is -0.143. The molecule has 1 unspecified atom stereocenters. The summed E-state index contributed by atoms with van der Waals surface area (Å²) in [4.78, 5) is 22.8. The van der Waals surface area contributed by atoms with Crippen LogP contribution < -0.4 is 10.6 Å². The van der Waals surface area contributed by atoms with Gasteiger partial charge >= 0.3 is 0 Å². The first kappa shape index (κ1) is 16.2. The third kappa shape index (κ3) is 5.40. The number of hydrogen-bond donors (Lipinski definition) is 3. The molecule has 20 heavy (non-hydrogen) atoms. The minimum absolute atomic E-state index is 0.139. The third-order valence-electron chi connectivity index (χ3n) is 3.13. The fraction of sp³-hybridized carbons (Fsp3) is 0.467. The molecule has 0 fully saturated rings. The lowest BCUT2D eigenvalue weighted by molar-refractivity contribution is -0.114. The van der Waals surface area contributed by atoms with Crippen LogP contribution in [0.4, 0.5) is 5.69 Å². The molecule has 0 aliphatic carbocycles. The predicted octanol–water partition coefficient (Wildman–Crippen LogP) is 1.78. The Bertz CT molecular complexity index is 443. The van der Waals surface area contributed by atoms with E-state index in [0.717, 1.165) is 6.42 Å². The second kappa shape index (κ2) is 8.32. The highest BCUT2D eigenvalue weighted by molar-refractivity contribution is 5.95. The van der Waals surface area contributed by atoms with E-state index in [1.54, 1.807) is 24.3 Å². The van der Waals surface area contributed by atoms with E-state index in [4.69, 9.17) is 5.11 Å². The highest BCUT2D eigenvalue weighted by atomic mass is 16.3. The first-order chi connectivity index (χ1) is 9.56. The van der Waals surface area contributed by atoms with Crippen molar-refractivity contribution in [1.29, 1.82) is 0 Å². The van der Waals surface area contributed by atoms with Crippen LogP contribution in [0.5, 0.6) is 0 Å². The molecule has 5 heteroatoms. The molecule has 5 nitrogen and oxygen atoms in total. The van der Waals surface area contributed by atoms with E-state index in [0.29, 0.717) is 30.1 Å². The molecule has 0 aliphatic rings. The summed E-state index contributed by atoms with van der Waals surface area (Å²) in [7, 11) is 0. The Morgan fingerprint density at radius 2 is 1.90 bits per heavy atom. The van der Waals surface area contributed by atoms with E-state index in [2.05, 4.69) is 10.6 Å². The number of amides is 2. The van der Waals surface area contributed by atoms with Gasteiger partial charge in [-0.1, -0.05) is 13.3 Å². The summed E-state index contributed by atoms with van der Waals surface area (Å²) in [5, 5.41) is 14.4. The Balaban J connectivity index is 2.53. The van der Waals surface area contributed by atoms with Crippen molar-refractivity contribution in [1.82, 2.24) is 5.32 Å². The predicted molar refractivity (Wildman–Crippen MR) is 78.6 cm³/mol. The second-order valence-electron chi connectivity index (χ2n) is 4.76. The van der Waals surface area contributed by atoms with Crippen LogP contribution in [0.25, 0.3) is 0 Å². The number of carbonyl (C=O) groups is 2. The lowest BCUT2D eigenvalue weighted by Crippen LogP contribution is -2.29. The molecule has 0 heterocycles.